The van der Waals surface area contributed by atoms with E-state index < -0.39 is 11.8 Å². The molecule has 1 unspecified atom stereocenters. The number of halogens is 4. The highest BCUT2D eigenvalue weighted by Gasteiger charge is 2.56. The molecule has 6 heteroatoms. The van der Waals surface area contributed by atoms with Crippen LogP contribution < -0.4 is 4.90 Å². The number of aliphatic hydroxyl groups is 1. The largest absolute Gasteiger partial charge is 0.425 e. The average Bonchev–Trinajstić information content (AvgIpc) is 2.45. The number of hydrogen-bond acceptors (Lipinski definition) is 2. The lowest BCUT2D eigenvalue weighted by molar-refractivity contribution is -0.248. The molecule has 2 aromatic rings. The summed E-state index contributed by atoms with van der Waals surface area (Å²) in [6.45, 7) is 0. The van der Waals surface area contributed by atoms with E-state index in [9.17, 15) is 18.3 Å². The highest BCUT2D eigenvalue weighted by molar-refractivity contribution is 9.10. The van der Waals surface area contributed by atoms with E-state index in [1.165, 1.54) is 36.4 Å². The minimum Gasteiger partial charge on any atom is -0.378 e. The zero-order valence-electron chi connectivity index (χ0n) is 12.0. The second kappa shape index (κ2) is 5.93. The maximum Gasteiger partial charge on any atom is 0.425 e. The molecule has 0 saturated heterocycles. The van der Waals surface area contributed by atoms with Crippen molar-refractivity contribution in [3.05, 3.63) is 64.1 Å². The van der Waals surface area contributed by atoms with Gasteiger partial charge in [0.05, 0.1) is 0 Å². The van der Waals surface area contributed by atoms with Crippen LogP contribution in [0.1, 0.15) is 11.1 Å². The Hall–Kier alpha value is -1.53. The standard InChI is InChI=1S/C16H15BrF3NO/c1-21(2)14-8-4-6-12(10-14)15(22,16(18,19)20)11-5-3-7-13(17)9-11/h3-10,22H,1-2H3. The van der Waals surface area contributed by atoms with Crippen LogP contribution >= 0.6 is 15.9 Å². The van der Waals surface area contributed by atoms with Gasteiger partial charge >= 0.3 is 6.18 Å². The summed E-state index contributed by atoms with van der Waals surface area (Å²) < 4.78 is 41.5. The van der Waals surface area contributed by atoms with E-state index in [1.54, 1.807) is 31.1 Å². The molecule has 0 saturated carbocycles. The molecule has 0 aliphatic carbocycles. The van der Waals surface area contributed by atoms with Crippen molar-refractivity contribution in [3.8, 4) is 0 Å². The molecule has 0 aliphatic heterocycles. The highest BCUT2D eigenvalue weighted by Crippen LogP contribution is 2.45. The van der Waals surface area contributed by atoms with Gasteiger partial charge in [-0.2, -0.15) is 13.2 Å². The van der Waals surface area contributed by atoms with Gasteiger partial charge in [-0.05, 0) is 35.4 Å². The van der Waals surface area contributed by atoms with Gasteiger partial charge in [0.2, 0.25) is 5.60 Å². The first-order chi connectivity index (χ1) is 10.2. The fraction of sp³-hybridized carbons (Fsp3) is 0.250. The predicted molar refractivity (Wildman–Crippen MR) is 84.0 cm³/mol. The van der Waals surface area contributed by atoms with Crippen LogP contribution in [0.15, 0.2) is 53.0 Å². The number of benzene rings is 2. The molecule has 0 aromatic heterocycles. The van der Waals surface area contributed by atoms with E-state index in [-0.39, 0.29) is 11.1 Å². The SMILES string of the molecule is CN(C)c1cccc(C(O)(c2cccc(Br)c2)C(F)(F)F)c1. The Bertz CT molecular complexity index is 672. The Balaban J connectivity index is 2.68. The van der Waals surface area contributed by atoms with Gasteiger partial charge in [-0.1, -0.05) is 40.2 Å². The van der Waals surface area contributed by atoms with E-state index >= 15 is 0 Å². The lowest BCUT2D eigenvalue weighted by Gasteiger charge is -2.32. The summed E-state index contributed by atoms with van der Waals surface area (Å²) in [6, 6.07) is 11.4. The Morgan fingerprint density at radius 1 is 0.955 bits per heavy atom. The summed E-state index contributed by atoms with van der Waals surface area (Å²) in [5, 5.41) is 10.6. The zero-order valence-corrected chi connectivity index (χ0v) is 13.6. The number of nitrogens with zero attached hydrogens (tertiary/aromatic N) is 1. The second-order valence-electron chi connectivity index (χ2n) is 5.16. The summed E-state index contributed by atoms with van der Waals surface area (Å²) in [5.41, 5.74) is -2.94. The van der Waals surface area contributed by atoms with Crippen LogP contribution in [-0.4, -0.2) is 25.4 Å². The molecule has 2 rings (SSSR count). The van der Waals surface area contributed by atoms with E-state index in [0.717, 1.165) is 0 Å². The number of hydrogen-bond donors (Lipinski definition) is 1. The number of alkyl halides is 3. The molecule has 2 aromatic carbocycles. The zero-order chi connectivity index (χ0) is 16.5. The third-order valence-corrected chi connectivity index (χ3v) is 3.93. The van der Waals surface area contributed by atoms with E-state index in [1.807, 2.05) is 0 Å². The first kappa shape index (κ1) is 16.8. The minimum absolute atomic E-state index is 0.218. The third kappa shape index (κ3) is 2.98. The summed E-state index contributed by atoms with van der Waals surface area (Å²) in [4.78, 5) is 1.68. The van der Waals surface area contributed by atoms with Gasteiger partial charge in [0.25, 0.3) is 0 Å². The maximum absolute atomic E-state index is 13.7. The molecule has 0 fully saturated rings. The molecule has 1 N–H and O–H groups in total. The predicted octanol–water partition coefficient (Wildman–Crippen LogP) is 4.31. The van der Waals surface area contributed by atoms with Gasteiger partial charge in [-0.3, -0.25) is 0 Å². The van der Waals surface area contributed by atoms with Crippen LogP contribution in [0.3, 0.4) is 0 Å². The van der Waals surface area contributed by atoms with Gasteiger partial charge in [-0.15, -0.1) is 0 Å². The highest BCUT2D eigenvalue weighted by atomic mass is 79.9. The smallest absolute Gasteiger partial charge is 0.378 e. The fourth-order valence-corrected chi connectivity index (χ4v) is 2.62. The summed E-state index contributed by atoms with van der Waals surface area (Å²) >= 11 is 3.14. The number of rotatable bonds is 3. The van der Waals surface area contributed by atoms with Crippen LogP contribution in [0.25, 0.3) is 0 Å². The summed E-state index contributed by atoms with van der Waals surface area (Å²) in [7, 11) is 3.45. The quantitative estimate of drug-likeness (QED) is 0.866. The molecule has 0 radical (unpaired) electrons. The van der Waals surface area contributed by atoms with E-state index in [4.69, 9.17) is 0 Å². The Morgan fingerprint density at radius 3 is 2.00 bits per heavy atom. The lowest BCUT2D eigenvalue weighted by Crippen LogP contribution is -2.43. The number of anilines is 1. The van der Waals surface area contributed by atoms with Crippen molar-refractivity contribution in [2.75, 3.05) is 19.0 Å². The van der Waals surface area contributed by atoms with Crippen molar-refractivity contribution in [2.24, 2.45) is 0 Å². The maximum atomic E-state index is 13.7. The van der Waals surface area contributed by atoms with Gasteiger partial charge in [0, 0.05) is 24.3 Å². The minimum atomic E-state index is -4.85. The van der Waals surface area contributed by atoms with Gasteiger partial charge in [-0.25, -0.2) is 0 Å². The summed E-state index contributed by atoms with van der Waals surface area (Å²) in [5.74, 6) is 0. The average molecular weight is 374 g/mol. The molecule has 0 heterocycles. The van der Waals surface area contributed by atoms with Crippen LogP contribution in [0, 0.1) is 0 Å². The Labute approximate surface area is 135 Å². The van der Waals surface area contributed by atoms with Crippen LogP contribution in [0.4, 0.5) is 18.9 Å². The molecule has 0 amide bonds. The van der Waals surface area contributed by atoms with Crippen molar-refractivity contribution in [3.63, 3.8) is 0 Å². The second-order valence-corrected chi connectivity index (χ2v) is 6.08. The molecule has 22 heavy (non-hydrogen) atoms. The molecule has 0 spiro atoms. The normalized spacial score (nSPS) is 14.5. The van der Waals surface area contributed by atoms with Crippen LogP contribution in [0.2, 0.25) is 0 Å². The monoisotopic (exact) mass is 373 g/mol. The Kier molecular flexibility index (Phi) is 4.54. The Morgan fingerprint density at radius 2 is 1.50 bits per heavy atom. The molecule has 1 atom stereocenters. The summed E-state index contributed by atoms with van der Waals surface area (Å²) in [6.07, 6.45) is -4.85. The third-order valence-electron chi connectivity index (χ3n) is 3.43. The molecule has 0 bridgehead atoms. The van der Waals surface area contributed by atoms with Gasteiger partial charge < -0.3 is 10.0 Å². The van der Waals surface area contributed by atoms with Crippen molar-refractivity contribution < 1.29 is 18.3 Å². The fourth-order valence-electron chi connectivity index (χ4n) is 2.22. The van der Waals surface area contributed by atoms with E-state index in [2.05, 4.69) is 15.9 Å². The van der Waals surface area contributed by atoms with Crippen molar-refractivity contribution >= 4 is 21.6 Å². The van der Waals surface area contributed by atoms with Gasteiger partial charge in [0.15, 0.2) is 0 Å². The van der Waals surface area contributed by atoms with Crippen molar-refractivity contribution in [2.45, 2.75) is 11.8 Å². The first-order valence-corrected chi connectivity index (χ1v) is 7.28. The molecular formula is C16H15BrF3NO. The molecule has 118 valence electrons. The topological polar surface area (TPSA) is 23.5 Å². The molecule has 0 aliphatic rings. The first-order valence-electron chi connectivity index (χ1n) is 6.49. The molecule has 2 nitrogen and oxygen atoms in total. The van der Waals surface area contributed by atoms with Gasteiger partial charge in [0.1, 0.15) is 0 Å². The van der Waals surface area contributed by atoms with Crippen LogP contribution in [0.5, 0.6) is 0 Å². The molecular weight excluding hydrogens is 359 g/mol. The van der Waals surface area contributed by atoms with Crippen molar-refractivity contribution in [1.82, 2.24) is 0 Å². The van der Waals surface area contributed by atoms with E-state index in [0.29, 0.717) is 10.2 Å². The lowest BCUT2D eigenvalue weighted by atomic mass is 9.85. The van der Waals surface area contributed by atoms with Crippen LogP contribution in [-0.2, 0) is 5.60 Å². The van der Waals surface area contributed by atoms with Crippen molar-refractivity contribution in [1.29, 1.82) is 0 Å².